The van der Waals surface area contributed by atoms with Gasteiger partial charge in [-0.15, -0.1) is 11.3 Å². The molecule has 2 aliphatic rings. The Morgan fingerprint density at radius 2 is 1.94 bits per heavy atom. The Morgan fingerprint density at radius 3 is 2.64 bits per heavy atom. The second-order valence-corrected chi connectivity index (χ2v) is 10.2. The Hall–Kier alpha value is -2.50. The van der Waals surface area contributed by atoms with Crippen molar-refractivity contribution >= 4 is 23.2 Å². The number of ether oxygens (including phenoxy) is 1. The number of nitrogens with one attached hydrogen (secondary N) is 2. The largest absolute Gasteiger partial charge is 0.416 e. The lowest BCUT2D eigenvalue weighted by Gasteiger charge is -2.38. The van der Waals surface area contributed by atoms with E-state index < -0.39 is 11.7 Å². The number of carbonyl (C=O) groups is 2. The highest BCUT2D eigenvalue weighted by Gasteiger charge is 2.35. The lowest BCUT2D eigenvalue weighted by molar-refractivity contribution is -0.143. The van der Waals surface area contributed by atoms with Gasteiger partial charge in [-0.3, -0.25) is 9.59 Å². The molecule has 1 saturated carbocycles. The van der Waals surface area contributed by atoms with E-state index in [1.54, 1.807) is 10.3 Å². The summed E-state index contributed by atoms with van der Waals surface area (Å²) >= 11 is 1.33. The van der Waals surface area contributed by atoms with Crippen LogP contribution in [-0.2, 0) is 27.0 Å². The van der Waals surface area contributed by atoms with E-state index in [1.165, 1.54) is 36.3 Å². The molecule has 0 bridgehead atoms. The second kappa shape index (κ2) is 11.7. The van der Waals surface area contributed by atoms with Crippen molar-refractivity contribution < 1.29 is 27.5 Å². The molecule has 0 spiro atoms. The first-order valence-electron chi connectivity index (χ1n) is 12.2. The van der Waals surface area contributed by atoms with Crippen LogP contribution >= 0.6 is 11.3 Å². The van der Waals surface area contributed by atoms with Crippen LogP contribution in [0.1, 0.15) is 43.2 Å². The number of hydrogen-bond donors (Lipinski definition) is 2. The highest BCUT2D eigenvalue weighted by atomic mass is 32.1. The minimum Gasteiger partial charge on any atom is -0.370 e. The molecule has 2 atom stereocenters. The van der Waals surface area contributed by atoms with Gasteiger partial charge in [-0.2, -0.15) is 13.2 Å². The van der Waals surface area contributed by atoms with Crippen molar-refractivity contribution in [1.29, 1.82) is 0 Å². The maximum Gasteiger partial charge on any atom is 0.416 e. The molecule has 36 heavy (non-hydrogen) atoms. The first-order valence-corrected chi connectivity index (χ1v) is 13.1. The summed E-state index contributed by atoms with van der Waals surface area (Å²) in [6.45, 7) is 3.94. The Kier molecular flexibility index (Phi) is 8.63. The Balaban J connectivity index is 1.24. The molecule has 1 aromatic carbocycles. The van der Waals surface area contributed by atoms with Gasteiger partial charge in [0.15, 0.2) is 0 Å². The average molecular weight is 525 g/mol. The van der Waals surface area contributed by atoms with Gasteiger partial charge in [0.25, 0.3) is 0 Å². The molecule has 2 aromatic rings. The molecule has 1 saturated heterocycles. The van der Waals surface area contributed by atoms with Crippen molar-refractivity contribution in [2.45, 2.75) is 57.4 Å². The SMILES string of the molecule is CC1C(C(=O)NCc2nc(-c3ccc(C(F)(F)F)cc3)cs2)CCCN1C(=O)COCCNC1CC1. The minimum atomic E-state index is -4.38. The number of piperidine rings is 1. The van der Waals surface area contributed by atoms with Crippen LogP contribution in [0.4, 0.5) is 13.2 Å². The fraction of sp³-hybridized carbons (Fsp3) is 0.560. The molecule has 0 radical (unpaired) electrons. The van der Waals surface area contributed by atoms with Crippen LogP contribution in [0.2, 0.25) is 0 Å². The van der Waals surface area contributed by atoms with Crippen LogP contribution in [-0.4, -0.2) is 60.1 Å². The molecule has 2 heterocycles. The molecule has 4 rings (SSSR count). The summed E-state index contributed by atoms with van der Waals surface area (Å²) in [7, 11) is 0. The van der Waals surface area contributed by atoms with Gasteiger partial charge >= 0.3 is 6.18 Å². The minimum absolute atomic E-state index is 0.0108. The zero-order valence-corrected chi connectivity index (χ0v) is 21.0. The number of nitrogens with zero attached hydrogens (tertiary/aromatic N) is 2. The fourth-order valence-corrected chi connectivity index (χ4v) is 5.10. The summed E-state index contributed by atoms with van der Waals surface area (Å²) in [4.78, 5) is 31.7. The van der Waals surface area contributed by atoms with Gasteiger partial charge in [0, 0.05) is 36.1 Å². The van der Waals surface area contributed by atoms with Gasteiger partial charge in [-0.1, -0.05) is 12.1 Å². The summed E-state index contributed by atoms with van der Waals surface area (Å²) < 4.78 is 43.9. The first kappa shape index (κ1) is 26.6. The van der Waals surface area contributed by atoms with Crippen molar-refractivity contribution in [1.82, 2.24) is 20.5 Å². The Morgan fingerprint density at radius 1 is 1.19 bits per heavy atom. The van der Waals surface area contributed by atoms with E-state index >= 15 is 0 Å². The fourth-order valence-electron chi connectivity index (χ4n) is 4.36. The van der Waals surface area contributed by atoms with Crippen molar-refractivity contribution in [2.75, 3.05) is 26.3 Å². The van der Waals surface area contributed by atoms with Crippen molar-refractivity contribution in [3.8, 4) is 11.3 Å². The summed E-state index contributed by atoms with van der Waals surface area (Å²) in [5, 5.41) is 8.66. The molecule has 11 heteroatoms. The van der Waals surface area contributed by atoms with Crippen LogP contribution < -0.4 is 10.6 Å². The molecule has 7 nitrogen and oxygen atoms in total. The third kappa shape index (κ3) is 7.04. The van der Waals surface area contributed by atoms with Crippen molar-refractivity contribution in [3.05, 3.63) is 40.2 Å². The van der Waals surface area contributed by atoms with Crippen LogP contribution in [0.25, 0.3) is 11.3 Å². The summed E-state index contributed by atoms with van der Waals surface area (Å²) in [6.07, 6.45) is -0.538. The molecule has 196 valence electrons. The lowest BCUT2D eigenvalue weighted by Crippen LogP contribution is -2.52. The monoisotopic (exact) mass is 524 g/mol. The van der Waals surface area contributed by atoms with Crippen LogP contribution in [0.15, 0.2) is 29.6 Å². The zero-order valence-electron chi connectivity index (χ0n) is 20.1. The quantitative estimate of drug-likeness (QED) is 0.462. The molecule has 2 amide bonds. The standard InChI is InChI=1S/C25H31F3N4O3S/c1-16-20(3-2-11-32(16)23(33)14-35-12-10-29-19-8-9-19)24(34)30-13-22-31-21(15-36-22)17-4-6-18(7-5-17)25(26,27)28/h4-7,15-16,19-20,29H,2-3,8-14H2,1H3,(H,30,34). The number of rotatable bonds is 10. The van der Waals surface area contributed by atoms with Crippen LogP contribution in [0.5, 0.6) is 0 Å². The highest BCUT2D eigenvalue weighted by molar-refractivity contribution is 7.09. The van der Waals surface area contributed by atoms with E-state index in [1.807, 2.05) is 6.92 Å². The van der Waals surface area contributed by atoms with E-state index in [-0.39, 0.29) is 36.9 Å². The predicted molar refractivity (Wildman–Crippen MR) is 130 cm³/mol. The van der Waals surface area contributed by atoms with Crippen molar-refractivity contribution in [3.63, 3.8) is 0 Å². The third-order valence-corrected chi connectivity index (χ3v) is 7.45. The van der Waals surface area contributed by atoms with Crippen LogP contribution in [0, 0.1) is 5.92 Å². The number of amides is 2. The summed E-state index contributed by atoms with van der Waals surface area (Å²) in [6, 6.07) is 5.21. The molecular formula is C25H31F3N4O3S. The van der Waals surface area contributed by atoms with E-state index in [9.17, 15) is 22.8 Å². The number of thiazole rings is 1. The Bertz CT molecular complexity index is 1040. The molecule has 2 N–H and O–H groups in total. The topological polar surface area (TPSA) is 83.6 Å². The molecule has 1 aliphatic carbocycles. The molecule has 1 aromatic heterocycles. The normalized spacial score (nSPS) is 20.4. The second-order valence-electron chi connectivity index (χ2n) is 9.28. The number of likely N-dealkylation sites (tertiary alicyclic amines) is 1. The van der Waals surface area contributed by atoms with Crippen LogP contribution in [0.3, 0.4) is 0 Å². The number of carbonyl (C=O) groups excluding carboxylic acids is 2. The molecule has 2 unspecified atom stereocenters. The van der Waals surface area contributed by atoms with E-state index in [0.717, 1.165) is 25.1 Å². The Labute approximate surface area is 212 Å². The number of alkyl halides is 3. The van der Waals surface area contributed by atoms with Crippen molar-refractivity contribution in [2.24, 2.45) is 5.92 Å². The van der Waals surface area contributed by atoms with Gasteiger partial charge in [0.2, 0.25) is 11.8 Å². The highest BCUT2D eigenvalue weighted by Crippen LogP contribution is 2.31. The smallest absolute Gasteiger partial charge is 0.370 e. The third-order valence-electron chi connectivity index (χ3n) is 6.60. The molecule has 2 fully saturated rings. The number of aromatic nitrogens is 1. The number of halogens is 3. The predicted octanol–water partition coefficient (Wildman–Crippen LogP) is 3.84. The van der Waals surface area contributed by atoms with E-state index in [4.69, 9.17) is 4.74 Å². The van der Waals surface area contributed by atoms with E-state index in [0.29, 0.717) is 41.9 Å². The lowest BCUT2D eigenvalue weighted by atomic mass is 9.89. The maximum absolute atomic E-state index is 12.9. The van der Waals surface area contributed by atoms with Gasteiger partial charge in [-0.05, 0) is 44.7 Å². The van der Waals surface area contributed by atoms with E-state index in [2.05, 4.69) is 15.6 Å². The average Bonchev–Trinajstić information content (AvgIpc) is 3.56. The van der Waals surface area contributed by atoms with Gasteiger partial charge in [0.05, 0.1) is 30.3 Å². The maximum atomic E-state index is 12.9. The van der Waals surface area contributed by atoms with Gasteiger partial charge in [0.1, 0.15) is 11.6 Å². The molecule has 1 aliphatic heterocycles. The van der Waals surface area contributed by atoms with Gasteiger partial charge < -0.3 is 20.3 Å². The summed E-state index contributed by atoms with van der Waals surface area (Å²) in [5.41, 5.74) is 0.436. The van der Waals surface area contributed by atoms with Gasteiger partial charge in [-0.25, -0.2) is 4.98 Å². The first-order chi connectivity index (χ1) is 17.2. The molecular weight excluding hydrogens is 493 g/mol. The zero-order chi connectivity index (χ0) is 25.7. The number of hydrogen-bond acceptors (Lipinski definition) is 6. The summed E-state index contributed by atoms with van der Waals surface area (Å²) in [5.74, 6) is -0.568. The number of benzene rings is 1.